The Hall–Kier alpha value is -6.30. The molecule has 0 radical (unpaired) electrons. The molecule has 0 amide bonds. The van der Waals surface area contributed by atoms with Gasteiger partial charge in [0.25, 0.3) is 0 Å². The van der Waals surface area contributed by atoms with Gasteiger partial charge in [0.05, 0.1) is 25.3 Å². The molecule has 214 valence electrons. The van der Waals surface area contributed by atoms with Crippen LogP contribution >= 0.6 is 0 Å². The summed E-state index contributed by atoms with van der Waals surface area (Å²) >= 11 is 0. The molecular formula is C36H22O8. The molecule has 0 bridgehead atoms. The monoisotopic (exact) mass is 582 g/mol. The van der Waals surface area contributed by atoms with Gasteiger partial charge in [0.15, 0.2) is 23.0 Å². The molecular weight excluding hydrogens is 560 g/mol. The second kappa shape index (κ2) is 12.3. The molecule has 0 saturated carbocycles. The maximum atomic E-state index is 11.8. The maximum absolute atomic E-state index is 11.8. The van der Waals surface area contributed by atoms with Crippen LogP contribution in [-0.4, -0.2) is 39.7 Å². The van der Waals surface area contributed by atoms with Gasteiger partial charge in [0.2, 0.25) is 13.6 Å². The highest BCUT2D eigenvalue weighted by molar-refractivity contribution is 5.89. The molecule has 0 aromatic heterocycles. The van der Waals surface area contributed by atoms with Gasteiger partial charge in [-0.05, 0) is 48.5 Å². The summed E-state index contributed by atoms with van der Waals surface area (Å²) in [6.07, 6.45) is 0. The van der Waals surface area contributed by atoms with Crippen LogP contribution in [0.4, 0.5) is 0 Å². The summed E-state index contributed by atoms with van der Waals surface area (Å²) < 4.78 is 31.8. The molecule has 44 heavy (non-hydrogen) atoms. The van der Waals surface area contributed by atoms with Crippen LogP contribution in [0.25, 0.3) is 0 Å². The van der Waals surface area contributed by atoms with Crippen molar-refractivity contribution in [3.63, 3.8) is 0 Å². The van der Waals surface area contributed by atoms with Crippen LogP contribution in [-0.2, 0) is 9.47 Å². The summed E-state index contributed by atoms with van der Waals surface area (Å²) in [5, 5.41) is 0. The van der Waals surface area contributed by atoms with Crippen molar-refractivity contribution in [1.82, 2.24) is 0 Å². The molecule has 0 fully saturated rings. The summed E-state index contributed by atoms with van der Waals surface area (Å²) in [6, 6.07) is 20.8. The number of carbonyl (C=O) groups excluding carboxylic acids is 2. The molecule has 0 N–H and O–H groups in total. The van der Waals surface area contributed by atoms with Gasteiger partial charge in [-0.1, -0.05) is 35.5 Å². The summed E-state index contributed by atoms with van der Waals surface area (Å²) in [7, 11) is 2.67. The van der Waals surface area contributed by atoms with Gasteiger partial charge < -0.3 is 28.4 Å². The van der Waals surface area contributed by atoms with Crippen molar-refractivity contribution in [1.29, 1.82) is 0 Å². The van der Waals surface area contributed by atoms with Gasteiger partial charge in [-0.25, -0.2) is 9.59 Å². The van der Waals surface area contributed by atoms with Crippen LogP contribution < -0.4 is 18.9 Å². The number of benzene rings is 4. The number of fused-ring (bicyclic) bond motifs is 2. The lowest BCUT2D eigenvalue weighted by Gasteiger charge is -2.03. The Balaban J connectivity index is 1.35. The van der Waals surface area contributed by atoms with Crippen molar-refractivity contribution in [3.05, 3.63) is 117 Å². The van der Waals surface area contributed by atoms with Crippen molar-refractivity contribution < 1.29 is 38.0 Å². The van der Waals surface area contributed by atoms with E-state index in [9.17, 15) is 9.59 Å². The highest BCUT2D eigenvalue weighted by Gasteiger charge is 2.18. The second-order valence-corrected chi connectivity index (χ2v) is 9.39. The maximum Gasteiger partial charge on any atom is 0.337 e. The Morgan fingerprint density at radius 3 is 1.09 bits per heavy atom. The smallest absolute Gasteiger partial charge is 0.337 e. The Labute approximate surface area is 253 Å². The van der Waals surface area contributed by atoms with Crippen LogP contribution in [0.1, 0.15) is 54.1 Å². The highest BCUT2D eigenvalue weighted by atomic mass is 16.7. The summed E-state index contributed by atoms with van der Waals surface area (Å²) in [6.45, 7) is 0.215. The second-order valence-electron chi connectivity index (χ2n) is 9.39. The molecule has 8 nitrogen and oxygen atoms in total. The third kappa shape index (κ3) is 5.99. The third-order valence-corrected chi connectivity index (χ3v) is 6.65. The van der Waals surface area contributed by atoms with E-state index in [0.29, 0.717) is 67.5 Å². The molecule has 0 unspecified atom stereocenters. The van der Waals surface area contributed by atoms with Gasteiger partial charge in [0.1, 0.15) is 0 Å². The predicted molar refractivity (Wildman–Crippen MR) is 159 cm³/mol. The lowest BCUT2D eigenvalue weighted by molar-refractivity contribution is 0.0592. The van der Waals surface area contributed by atoms with Crippen molar-refractivity contribution in [2.75, 3.05) is 27.8 Å². The van der Waals surface area contributed by atoms with Gasteiger partial charge in [-0.2, -0.15) is 0 Å². The molecule has 0 saturated heterocycles. The van der Waals surface area contributed by atoms with Gasteiger partial charge >= 0.3 is 11.9 Å². The minimum absolute atomic E-state index is 0.108. The topological polar surface area (TPSA) is 89.5 Å². The van der Waals surface area contributed by atoms with Crippen molar-refractivity contribution in [2.45, 2.75) is 0 Å². The lowest BCUT2D eigenvalue weighted by atomic mass is 10.0. The number of hydrogen-bond acceptors (Lipinski definition) is 8. The zero-order valence-corrected chi connectivity index (χ0v) is 23.6. The molecule has 2 aliphatic heterocycles. The van der Waals surface area contributed by atoms with Crippen molar-refractivity contribution >= 4 is 11.9 Å². The van der Waals surface area contributed by atoms with E-state index in [1.54, 1.807) is 72.8 Å². The zero-order chi connectivity index (χ0) is 30.5. The van der Waals surface area contributed by atoms with E-state index in [4.69, 9.17) is 28.4 Å². The first-order chi connectivity index (χ1) is 21.5. The van der Waals surface area contributed by atoms with Gasteiger partial charge in [-0.3, -0.25) is 0 Å². The fraction of sp³-hybridized carbons (Fsp3) is 0.111. The lowest BCUT2D eigenvalue weighted by Crippen LogP contribution is -2.00. The molecule has 4 aromatic rings. The number of hydrogen-bond donors (Lipinski definition) is 0. The Morgan fingerprint density at radius 1 is 0.500 bits per heavy atom. The molecule has 8 heteroatoms. The number of rotatable bonds is 2. The molecule has 6 rings (SSSR count). The molecule has 2 heterocycles. The normalized spacial score (nSPS) is 11.6. The first-order valence-corrected chi connectivity index (χ1v) is 13.3. The van der Waals surface area contributed by atoms with Gasteiger partial charge in [0, 0.05) is 57.6 Å². The van der Waals surface area contributed by atoms with Crippen LogP contribution in [0.2, 0.25) is 0 Å². The number of carbonyl (C=O) groups is 2. The molecule has 0 aliphatic carbocycles. The Morgan fingerprint density at radius 2 is 0.795 bits per heavy atom. The van der Waals surface area contributed by atoms with E-state index in [-0.39, 0.29) is 13.6 Å². The van der Waals surface area contributed by atoms with Crippen LogP contribution in [0.15, 0.2) is 72.8 Å². The van der Waals surface area contributed by atoms with E-state index in [0.717, 1.165) is 0 Å². The average Bonchev–Trinajstić information content (AvgIpc) is 3.73. The van der Waals surface area contributed by atoms with Gasteiger partial charge in [-0.15, -0.1) is 0 Å². The average molecular weight is 583 g/mol. The van der Waals surface area contributed by atoms with Crippen molar-refractivity contribution in [3.8, 4) is 58.5 Å². The fourth-order valence-electron chi connectivity index (χ4n) is 4.33. The van der Waals surface area contributed by atoms with E-state index >= 15 is 0 Å². The Bertz CT molecular complexity index is 1830. The van der Waals surface area contributed by atoms with Crippen molar-refractivity contribution in [2.24, 2.45) is 0 Å². The van der Waals surface area contributed by atoms with E-state index in [2.05, 4.69) is 35.5 Å². The minimum Gasteiger partial charge on any atom is -0.465 e. The van der Waals surface area contributed by atoms with E-state index < -0.39 is 11.9 Å². The quantitative estimate of drug-likeness (QED) is 0.243. The zero-order valence-electron chi connectivity index (χ0n) is 23.6. The third-order valence-electron chi connectivity index (χ3n) is 6.65. The van der Waals surface area contributed by atoms with E-state index in [1.807, 2.05) is 0 Å². The SMILES string of the molecule is COC(=O)c1ccc(C#Cc2cc3c(cc2C#Cc2cc4c(cc2C#Cc2ccc(C(=O)OC)cc2)OCO4)OCO3)cc1. The first-order valence-electron chi connectivity index (χ1n) is 13.3. The summed E-state index contributed by atoms with van der Waals surface area (Å²) in [5.74, 6) is 20.5. The van der Waals surface area contributed by atoms with Crippen LogP contribution in [0, 0.1) is 35.5 Å². The van der Waals surface area contributed by atoms with Crippen LogP contribution in [0.5, 0.6) is 23.0 Å². The summed E-state index contributed by atoms with van der Waals surface area (Å²) in [5.41, 5.74) is 4.83. The standard InChI is InChI=1S/C36H22O8/c1-39-35(37)25-9-3-23(4-10-25)7-13-27-17-31-33(43-21-41-31)19-29(27)15-16-30-20-34-32(42-22-44-34)18-28(30)14-8-24-5-11-26(12-6-24)36(38)40-2/h3-6,9-12,17-20H,21-22H2,1-2H3. The molecule has 0 spiro atoms. The fourth-order valence-corrected chi connectivity index (χ4v) is 4.33. The number of methoxy groups -OCH3 is 2. The highest BCUT2D eigenvalue weighted by Crippen LogP contribution is 2.36. The molecule has 0 atom stereocenters. The molecule has 2 aliphatic rings. The number of esters is 2. The first kappa shape index (κ1) is 27.8. The number of ether oxygens (including phenoxy) is 6. The molecule has 4 aromatic carbocycles. The van der Waals surface area contributed by atoms with Crippen LogP contribution in [0.3, 0.4) is 0 Å². The minimum atomic E-state index is -0.415. The predicted octanol–water partition coefficient (Wildman–Crippen LogP) is 4.92. The summed E-state index contributed by atoms with van der Waals surface area (Å²) in [4.78, 5) is 23.5. The largest absolute Gasteiger partial charge is 0.465 e. The van der Waals surface area contributed by atoms with E-state index in [1.165, 1.54) is 14.2 Å². The Kier molecular flexibility index (Phi) is 7.78.